The predicted molar refractivity (Wildman–Crippen MR) is 56.9 cm³/mol. The Kier molecular flexibility index (Phi) is 3.56. The van der Waals surface area contributed by atoms with Gasteiger partial charge in [0.25, 0.3) is 0 Å². The zero-order chi connectivity index (χ0) is 9.68. The molecule has 0 amide bonds. The second kappa shape index (κ2) is 4.70. The Bertz CT molecular complexity index is 300. The lowest BCUT2D eigenvalue weighted by molar-refractivity contribution is 0.413. The van der Waals surface area contributed by atoms with E-state index in [1.165, 1.54) is 11.1 Å². The van der Waals surface area contributed by atoms with E-state index in [1.54, 1.807) is 7.11 Å². The lowest BCUT2D eigenvalue weighted by Crippen LogP contribution is -1.90. The highest BCUT2D eigenvalue weighted by atomic mass is 16.5. The number of para-hydroxylation sites is 1. The molecule has 0 fully saturated rings. The van der Waals surface area contributed by atoms with Crippen LogP contribution in [0.1, 0.15) is 25.8 Å². The number of methoxy groups -OCH3 is 1. The third kappa shape index (κ3) is 2.11. The minimum atomic E-state index is 0.956. The first-order valence-electron chi connectivity index (χ1n) is 4.62. The van der Waals surface area contributed by atoms with E-state index in [0.29, 0.717) is 0 Å². The quantitative estimate of drug-likeness (QED) is 0.684. The maximum atomic E-state index is 5.29. The van der Waals surface area contributed by atoms with Crippen LogP contribution in [-0.4, -0.2) is 7.11 Å². The molecule has 0 aliphatic carbocycles. The first-order valence-corrected chi connectivity index (χ1v) is 4.62. The molecular formula is C12H16O. The van der Waals surface area contributed by atoms with E-state index in [0.717, 1.165) is 12.2 Å². The number of allylic oxidation sites excluding steroid dienone is 2. The van der Waals surface area contributed by atoms with Gasteiger partial charge in [-0.2, -0.15) is 0 Å². The summed E-state index contributed by atoms with van der Waals surface area (Å²) < 4.78 is 5.29. The molecule has 0 spiro atoms. The van der Waals surface area contributed by atoms with Gasteiger partial charge in [0.2, 0.25) is 0 Å². The molecule has 1 heteroatoms. The van der Waals surface area contributed by atoms with Crippen molar-refractivity contribution in [3.63, 3.8) is 0 Å². The van der Waals surface area contributed by atoms with Crippen LogP contribution < -0.4 is 4.74 Å². The van der Waals surface area contributed by atoms with E-state index in [9.17, 15) is 0 Å². The second-order valence-electron chi connectivity index (χ2n) is 2.87. The Morgan fingerprint density at radius 2 is 2.08 bits per heavy atom. The molecule has 0 radical (unpaired) electrons. The summed E-state index contributed by atoms with van der Waals surface area (Å²) in [7, 11) is 1.71. The van der Waals surface area contributed by atoms with Gasteiger partial charge in [0.05, 0.1) is 7.11 Å². The van der Waals surface area contributed by atoms with Crippen LogP contribution in [0.4, 0.5) is 0 Å². The smallest absolute Gasteiger partial charge is 0.126 e. The van der Waals surface area contributed by atoms with E-state index in [4.69, 9.17) is 4.74 Å². The molecule has 1 aromatic carbocycles. The second-order valence-corrected chi connectivity index (χ2v) is 2.87. The molecule has 1 nitrogen and oxygen atoms in total. The number of benzene rings is 1. The highest BCUT2D eigenvalue weighted by molar-refractivity contribution is 5.70. The number of hydrogen-bond acceptors (Lipinski definition) is 1. The summed E-state index contributed by atoms with van der Waals surface area (Å²) in [6.07, 6.45) is 3.18. The predicted octanol–water partition coefficient (Wildman–Crippen LogP) is 3.51. The molecule has 0 atom stereocenters. The fraction of sp³-hybridized carbons (Fsp3) is 0.333. The van der Waals surface area contributed by atoms with Crippen molar-refractivity contribution in [1.82, 2.24) is 0 Å². The SMILES string of the molecule is CC=C(CC)c1ccccc1OC. The molecule has 0 bridgehead atoms. The third-order valence-electron chi connectivity index (χ3n) is 2.18. The van der Waals surface area contributed by atoms with Crippen LogP contribution in [0.25, 0.3) is 5.57 Å². The molecule has 0 aliphatic heterocycles. The van der Waals surface area contributed by atoms with Gasteiger partial charge in [-0.25, -0.2) is 0 Å². The molecule has 0 saturated heterocycles. The molecular weight excluding hydrogens is 160 g/mol. The molecule has 0 heterocycles. The summed E-state index contributed by atoms with van der Waals surface area (Å²) in [4.78, 5) is 0. The van der Waals surface area contributed by atoms with Crippen molar-refractivity contribution in [2.45, 2.75) is 20.3 Å². The summed E-state index contributed by atoms with van der Waals surface area (Å²) >= 11 is 0. The lowest BCUT2D eigenvalue weighted by atomic mass is 10.0. The van der Waals surface area contributed by atoms with Crippen LogP contribution >= 0.6 is 0 Å². The maximum absolute atomic E-state index is 5.29. The van der Waals surface area contributed by atoms with Gasteiger partial charge in [-0.05, 0) is 25.0 Å². The fourth-order valence-electron chi connectivity index (χ4n) is 1.46. The normalized spacial score (nSPS) is 11.5. The largest absolute Gasteiger partial charge is 0.496 e. The average molecular weight is 176 g/mol. The van der Waals surface area contributed by atoms with Crippen LogP contribution in [0.5, 0.6) is 5.75 Å². The Morgan fingerprint density at radius 3 is 2.62 bits per heavy atom. The van der Waals surface area contributed by atoms with Gasteiger partial charge < -0.3 is 4.74 Å². The van der Waals surface area contributed by atoms with Gasteiger partial charge in [0.1, 0.15) is 5.75 Å². The van der Waals surface area contributed by atoms with Crippen molar-refractivity contribution >= 4 is 5.57 Å². The van der Waals surface area contributed by atoms with Gasteiger partial charge in [-0.15, -0.1) is 0 Å². The van der Waals surface area contributed by atoms with Crippen LogP contribution in [0.2, 0.25) is 0 Å². The average Bonchev–Trinajstić information content (AvgIpc) is 2.20. The maximum Gasteiger partial charge on any atom is 0.126 e. The van der Waals surface area contributed by atoms with Crippen LogP contribution in [0, 0.1) is 0 Å². The van der Waals surface area contributed by atoms with E-state index in [-0.39, 0.29) is 0 Å². The van der Waals surface area contributed by atoms with Crippen molar-refractivity contribution in [1.29, 1.82) is 0 Å². The minimum Gasteiger partial charge on any atom is -0.496 e. The highest BCUT2D eigenvalue weighted by Gasteiger charge is 2.03. The Morgan fingerprint density at radius 1 is 1.38 bits per heavy atom. The molecule has 70 valence electrons. The molecule has 0 saturated carbocycles. The topological polar surface area (TPSA) is 9.23 Å². The summed E-state index contributed by atoms with van der Waals surface area (Å²) in [5.74, 6) is 0.956. The molecule has 1 aromatic rings. The Balaban J connectivity index is 3.12. The van der Waals surface area contributed by atoms with E-state index in [2.05, 4.69) is 26.0 Å². The van der Waals surface area contributed by atoms with Crippen molar-refractivity contribution in [3.05, 3.63) is 35.9 Å². The van der Waals surface area contributed by atoms with Crippen molar-refractivity contribution in [2.75, 3.05) is 7.11 Å². The zero-order valence-corrected chi connectivity index (χ0v) is 8.50. The molecule has 13 heavy (non-hydrogen) atoms. The monoisotopic (exact) mass is 176 g/mol. The molecule has 0 unspecified atom stereocenters. The highest BCUT2D eigenvalue weighted by Crippen LogP contribution is 2.27. The third-order valence-corrected chi connectivity index (χ3v) is 2.18. The van der Waals surface area contributed by atoms with Gasteiger partial charge in [0.15, 0.2) is 0 Å². The summed E-state index contributed by atoms with van der Waals surface area (Å²) in [5.41, 5.74) is 2.53. The molecule has 0 aliphatic rings. The van der Waals surface area contributed by atoms with Gasteiger partial charge in [-0.1, -0.05) is 31.2 Å². The van der Waals surface area contributed by atoms with Gasteiger partial charge in [-0.3, -0.25) is 0 Å². The Hall–Kier alpha value is -1.24. The molecule has 1 rings (SSSR count). The molecule has 0 N–H and O–H groups in total. The fourth-order valence-corrected chi connectivity index (χ4v) is 1.46. The van der Waals surface area contributed by atoms with Crippen LogP contribution in [0.15, 0.2) is 30.3 Å². The standard InChI is InChI=1S/C12H16O/c1-4-10(5-2)11-8-6-7-9-12(11)13-3/h4,6-9H,5H2,1-3H3. The lowest BCUT2D eigenvalue weighted by Gasteiger charge is -2.09. The zero-order valence-electron chi connectivity index (χ0n) is 8.50. The summed E-state index contributed by atoms with van der Waals surface area (Å²) in [6, 6.07) is 8.12. The van der Waals surface area contributed by atoms with Gasteiger partial charge in [0, 0.05) is 5.56 Å². The van der Waals surface area contributed by atoms with Crippen molar-refractivity contribution in [2.24, 2.45) is 0 Å². The van der Waals surface area contributed by atoms with E-state index >= 15 is 0 Å². The first kappa shape index (κ1) is 9.85. The van der Waals surface area contributed by atoms with Crippen LogP contribution in [-0.2, 0) is 0 Å². The number of rotatable bonds is 3. The summed E-state index contributed by atoms with van der Waals surface area (Å²) in [6.45, 7) is 4.22. The van der Waals surface area contributed by atoms with E-state index in [1.807, 2.05) is 18.2 Å². The summed E-state index contributed by atoms with van der Waals surface area (Å²) in [5, 5.41) is 0. The minimum absolute atomic E-state index is 0.956. The van der Waals surface area contributed by atoms with Crippen molar-refractivity contribution in [3.8, 4) is 5.75 Å². The number of hydrogen-bond donors (Lipinski definition) is 0. The van der Waals surface area contributed by atoms with Crippen molar-refractivity contribution < 1.29 is 4.74 Å². The van der Waals surface area contributed by atoms with Gasteiger partial charge >= 0.3 is 0 Å². The van der Waals surface area contributed by atoms with Crippen LogP contribution in [0.3, 0.4) is 0 Å². The Labute approximate surface area is 80.0 Å². The molecule has 0 aromatic heterocycles. The van der Waals surface area contributed by atoms with E-state index < -0.39 is 0 Å². The number of ether oxygens (including phenoxy) is 1. The first-order chi connectivity index (χ1) is 6.33.